The van der Waals surface area contributed by atoms with Crippen LogP contribution in [-0.2, 0) is 9.53 Å². The number of carbonyl (C=O) groups excluding carboxylic acids is 1. The molecule has 4 heteroatoms. The molecule has 0 aromatic rings. The highest BCUT2D eigenvalue weighted by Gasteiger charge is 2.37. The fourth-order valence-corrected chi connectivity index (χ4v) is 3.66. The molecule has 2 rings (SSSR count). The first-order valence-electron chi connectivity index (χ1n) is 8.50. The van der Waals surface area contributed by atoms with Crippen molar-refractivity contribution in [2.75, 3.05) is 13.2 Å². The molecular formula is C17H31NO3. The van der Waals surface area contributed by atoms with Crippen LogP contribution < -0.4 is 0 Å². The van der Waals surface area contributed by atoms with Crippen LogP contribution in [0.5, 0.6) is 0 Å². The van der Waals surface area contributed by atoms with E-state index in [1.165, 1.54) is 6.42 Å². The normalized spacial score (nSPS) is 31.2. The molecule has 1 amide bonds. The lowest BCUT2D eigenvalue weighted by molar-refractivity contribution is -0.148. The van der Waals surface area contributed by atoms with E-state index >= 15 is 0 Å². The van der Waals surface area contributed by atoms with Gasteiger partial charge in [-0.1, -0.05) is 12.8 Å². The Morgan fingerprint density at radius 2 is 1.81 bits per heavy atom. The fourth-order valence-electron chi connectivity index (χ4n) is 3.66. The summed E-state index contributed by atoms with van der Waals surface area (Å²) in [5.41, 5.74) is -0.286. The molecule has 2 fully saturated rings. The number of amides is 1. The Balaban J connectivity index is 1.99. The van der Waals surface area contributed by atoms with E-state index in [-0.39, 0.29) is 36.2 Å². The summed E-state index contributed by atoms with van der Waals surface area (Å²) in [6.45, 7) is 6.89. The second kappa shape index (κ2) is 7.10. The standard InChI is InChI=1S/C17H31NO3/c1-17(2,3)21-12-16(20)18-11-7-6-9-14(18)13-8-4-5-10-15(13)19/h13-15,19H,4-12H2,1-3H3. The number of carbonyl (C=O) groups is 1. The highest BCUT2D eigenvalue weighted by molar-refractivity contribution is 5.78. The Morgan fingerprint density at radius 1 is 1.14 bits per heavy atom. The van der Waals surface area contributed by atoms with Crippen LogP contribution in [0, 0.1) is 5.92 Å². The molecule has 0 aromatic carbocycles. The van der Waals surface area contributed by atoms with Gasteiger partial charge in [-0.2, -0.15) is 0 Å². The van der Waals surface area contributed by atoms with Crippen LogP contribution in [0.3, 0.4) is 0 Å². The van der Waals surface area contributed by atoms with E-state index in [9.17, 15) is 9.90 Å². The zero-order valence-electron chi connectivity index (χ0n) is 13.8. The molecule has 0 radical (unpaired) electrons. The number of hydrogen-bond donors (Lipinski definition) is 1. The van der Waals surface area contributed by atoms with Crippen LogP contribution in [-0.4, -0.2) is 46.8 Å². The molecule has 1 aliphatic heterocycles. The van der Waals surface area contributed by atoms with Crippen LogP contribution in [0.4, 0.5) is 0 Å². The van der Waals surface area contributed by atoms with Crippen molar-refractivity contribution in [1.29, 1.82) is 0 Å². The summed E-state index contributed by atoms with van der Waals surface area (Å²) in [5, 5.41) is 10.3. The van der Waals surface area contributed by atoms with Crippen molar-refractivity contribution in [3.63, 3.8) is 0 Å². The second-order valence-corrected chi connectivity index (χ2v) is 7.57. The minimum Gasteiger partial charge on any atom is -0.393 e. The van der Waals surface area contributed by atoms with Crippen molar-refractivity contribution in [3.8, 4) is 0 Å². The lowest BCUT2D eigenvalue weighted by Crippen LogP contribution is -2.52. The summed E-state index contributed by atoms with van der Waals surface area (Å²) >= 11 is 0. The number of nitrogens with zero attached hydrogens (tertiary/aromatic N) is 1. The lowest BCUT2D eigenvalue weighted by Gasteiger charge is -2.44. The van der Waals surface area contributed by atoms with E-state index in [0.29, 0.717) is 0 Å². The van der Waals surface area contributed by atoms with Gasteiger partial charge in [-0.15, -0.1) is 0 Å². The second-order valence-electron chi connectivity index (χ2n) is 7.57. The molecule has 21 heavy (non-hydrogen) atoms. The minimum absolute atomic E-state index is 0.0902. The number of likely N-dealkylation sites (tertiary alicyclic amines) is 1. The summed E-state index contributed by atoms with van der Waals surface area (Å²) in [6.07, 6.45) is 7.27. The third kappa shape index (κ3) is 4.68. The molecule has 1 heterocycles. The van der Waals surface area contributed by atoms with Crippen molar-refractivity contribution < 1.29 is 14.6 Å². The Kier molecular flexibility index (Phi) is 5.67. The maximum Gasteiger partial charge on any atom is 0.248 e. The van der Waals surface area contributed by atoms with Crippen molar-refractivity contribution in [1.82, 2.24) is 4.90 Å². The molecule has 2 aliphatic rings. The van der Waals surface area contributed by atoms with Crippen LogP contribution in [0.15, 0.2) is 0 Å². The zero-order valence-corrected chi connectivity index (χ0v) is 13.8. The predicted molar refractivity (Wildman–Crippen MR) is 83.0 cm³/mol. The molecule has 3 atom stereocenters. The highest BCUT2D eigenvalue weighted by atomic mass is 16.5. The molecule has 0 bridgehead atoms. The van der Waals surface area contributed by atoms with Gasteiger partial charge in [0.25, 0.3) is 0 Å². The Bertz CT molecular complexity index is 350. The van der Waals surface area contributed by atoms with Gasteiger partial charge in [0.1, 0.15) is 6.61 Å². The average Bonchev–Trinajstić information content (AvgIpc) is 2.44. The number of ether oxygens (including phenoxy) is 1. The van der Waals surface area contributed by atoms with E-state index in [1.54, 1.807) is 0 Å². The summed E-state index contributed by atoms with van der Waals surface area (Å²) in [7, 11) is 0. The Morgan fingerprint density at radius 3 is 2.48 bits per heavy atom. The Hall–Kier alpha value is -0.610. The fraction of sp³-hybridized carbons (Fsp3) is 0.941. The molecule has 0 spiro atoms. The van der Waals surface area contributed by atoms with Gasteiger partial charge in [0, 0.05) is 18.5 Å². The van der Waals surface area contributed by atoms with Gasteiger partial charge in [-0.05, 0) is 52.9 Å². The van der Waals surface area contributed by atoms with E-state index in [2.05, 4.69) is 0 Å². The molecule has 1 saturated heterocycles. The minimum atomic E-state index is -0.286. The predicted octanol–water partition coefficient (Wildman–Crippen LogP) is 2.73. The SMILES string of the molecule is CC(C)(C)OCC(=O)N1CCCCC1C1CCCCC1O. The van der Waals surface area contributed by atoms with Crippen molar-refractivity contribution >= 4 is 5.91 Å². The molecule has 122 valence electrons. The summed E-state index contributed by atoms with van der Waals surface area (Å²) in [5.74, 6) is 0.352. The summed E-state index contributed by atoms with van der Waals surface area (Å²) in [4.78, 5) is 14.5. The van der Waals surface area contributed by atoms with Crippen molar-refractivity contribution in [3.05, 3.63) is 0 Å². The van der Waals surface area contributed by atoms with Gasteiger partial charge in [0.05, 0.1) is 11.7 Å². The highest BCUT2D eigenvalue weighted by Crippen LogP contribution is 2.34. The van der Waals surface area contributed by atoms with Crippen LogP contribution in [0.1, 0.15) is 65.7 Å². The molecular weight excluding hydrogens is 266 g/mol. The molecule has 4 nitrogen and oxygen atoms in total. The van der Waals surface area contributed by atoms with Gasteiger partial charge in [0.15, 0.2) is 0 Å². The van der Waals surface area contributed by atoms with E-state index < -0.39 is 0 Å². The van der Waals surface area contributed by atoms with Crippen molar-refractivity contribution in [2.45, 2.75) is 83.5 Å². The maximum absolute atomic E-state index is 12.5. The quantitative estimate of drug-likeness (QED) is 0.871. The number of aliphatic hydroxyl groups is 1. The van der Waals surface area contributed by atoms with Crippen LogP contribution in [0.25, 0.3) is 0 Å². The van der Waals surface area contributed by atoms with E-state index in [1.807, 2.05) is 25.7 Å². The number of hydrogen-bond acceptors (Lipinski definition) is 3. The topological polar surface area (TPSA) is 49.8 Å². The first-order chi connectivity index (χ1) is 9.88. The molecule has 3 unspecified atom stereocenters. The van der Waals surface area contributed by atoms with E-state index in [4.69, 9.17) is 4.74 Å². The third-order valence-electron chi connectivity index (χ3n) is 4.77. The van der Waals surface area contributed by atoms with Crippen LogP contribution in [0.2, 0.25) is 0 Å². The first kappa shape index (κ1) is 16.8. The maximum atomic E-state index is 12.5. The number of piperidine rings is 1. The number of rotatable bonds is 3. The van der Waals surface area contributed by atoms with Gasteiger partial charge in [-0.25, -0.2) is 0 Å². The average molecular weight is 297 g/mol. The van der Waals surface area contributed by atoms with Crippen LogP contribution >= 0.6 is 0 Å². The molecule has 1 saturated carbocycles. The zero-order chi connectivity index (χ0) is 15.5. The molecule has 1 N–H and O–H groups in total. The van der Waals surface area contributed by atoms with Crippen molar-refractivity contribution in [2.24, 2.45) is 5.92 Å². The Labute approximate surface area is 128 Å². The first-order valence-corrected chi connectivity index (χ1v) is 8.50. The number of aliphatic hydroxyl groups excluding tert-OH is 1. The van der Waals surface area contributed by atoms with Gasteiger partial charge >= 0.3 is 0 Å². The summed E-state index contributed by atoms with van der Waals surface area (Å²) in [6, 6.07) is 0.213. The summed E-state index contributed by atoms with van der Waals surface area (Å²) < 4.78 is 5.65. The third-order valence-corrected chi connectivity index (χ3v) is 4.77. The smallest absolute Gasteiger partial charge is 0.248 e. The van der Waals surface area contributed by atoms with Gasteiger partial charge in [0.2, 0.25) is 5.91 Å². The molecule has 0 aromatic heterocycles. The van der Waals surface area contributed by atoms with Gasteiger partial charge < -0.3 is 14.7 Å². The van der Waals surface area contributed by atoms with E-state index in [0.717, 1.165) is 45.1 Å². The largest absolute Gasteiger partial charge is 0.393 e. The van der Waals surface area contributed by atoms with Gasteiger partial charge in [-0.3, -0.25) is 4.79 Å². The molecule has 1 aliphatic carbocycles. The lowest BCUT2D eigenvalue weighted by atomic mass is 9.78. The monoisotopic (exact) mass is 297 g/mol.